The van der Waals surface area contributed by atoms with E-state index < -0.39 is 6.09 Å². The molecule has 0 aliphatic rings. The first-order chi connectivity index (χ1) is 8.02. The average Bonchev–Trinajstić information content (AvgIpc) is 2.29. The van der Waals surface area contributed by atoms with Crippen molar-refractivity contribution in [3.05, 3.63) is 24.3 Å². The molecule has 1 aromatic carbocycles. The molecule has 2 N–H and O–H groups in total. The van der Waals surface area contributed by atoms with Crippen LogP contribution in [0.5, 0.6) is 5.75 Å². The van der Waals surface area contributed by atoms with Crippen LogP contribution in [0, 0.1) is 0 Å². The number of carbonyl (C=O) groups excluding carboxylic acids is 2. The Morgan fingerprint density at radius 2 is 2.00 bits per heavy atom. The van der Waals surface area contributed by atoms with Crippen LogP contribution in [0.25, 0.3) is 0 Å². The number of hydrogen-bond acceptors (Lipinski definition) is 3. The van der Waals surface area contributed by atoms with E-state index in [4.69, 9.17) is 4.74 Å². The number of urea groups is 1. The summed E-state index contributed by atoms with van der Waals surface area (Å²) in [4.78, 5) is 23.8. The van der Waals surface area contributed by atoms with Crippen LogP contribution in [-0.2, 0) is 0 Å². The van der Waals surface area contributed by atoms with E-state index in [1.54, 1.807) is 38.4 Å². The molecule has 0 spiro atoms. The van der Waals surface area contributed by atoms with Crippen LogP contribution in [0.1, 0.15) is 0 Å². The van der Waals surface area contributed by atoms with Gasteiger partial charge in [-0.05, 0) is 12.1 Å². The predicted molar refractivity (Wildman–Crippen MR) is 64.2 cm³/mol. The lowest BCUT2D eigenvalue weighted by atomic mass is 10.3. The second-order valence-electron chi connectivity index (χ2n) is 3.49. The van der Waals surface area contributed by atoms with Crippen molar-refractivity contribution in [2.45, 2.75) is 0 Å². The summed E-state index contributed by atoms with van der Waals surface area (Å²) < 4.78 is 4.93. The fraction of sp³-hybridized carbons (Fsp3) is 0.273. The largest absolute Gasteiger partial charge is 0.412 e. The van der Waals surface area contributed by atoms with Crippen LogP contribution in [0.2, 0.25) is 0 Å². The SMILES string of the molecule is CNC(=O)Oc1cccc(NC(=O)N(C)C)c1. The molecule has 0 saturated heterocycles. The third-order valence-corrected chi connectivity index (χ3v) is 1.91. The number of benzene rings is 1. The summed E-state index contributed by atoms with van der Waals surface area (Å²) in [6.07, 6.45) is -0.555. The number of carbonyl (C=O) groups is 2. The van der Waals surface area contributed by atoms with E-state index in [1.165, 1.54) is 11.9 Å². The molecule has 0 unspecified atom stereocenters. The molecule has 3 amide bonds. The monoisotopic (exact) mass is 237 g/mol. The van der Waals surface area contributed by atoms with Crippen molar-refractivity contribution < 1.29 is 14.3 Å². The molecule has 92 valence electrons. The van der Waals surface area contributed by atoms with Crippen molar-refractivity contribution in [3.8, 4) is 5.75 Å². The maximum absolute atomic E-state index is 11.4. The zero-order chi connectivity index (χ0) is 12.8. The van der Waals surface area contributed by atoms with Gasteiger partial charge in [0.25, 0.3) is 0 Å². The highest BCUT2D eigenvalue weighted by molar-refractivity contribution is 5.89. The number of ether oxygens (including phenoxy) is 1. The zero-order valence-electron chi connectivity index (χ0n) is 9.98. The molecule has 0 atom stereocenters. The van der Waals surface area contributed by atoms with E-state index in [0.717, 1.165) is 0 Å². The van der Waals surface area contributed by atoms with Crippen molar-refractivity contribution in [1.82, 2.24) is 10.2 Å². The normalized spacial score (nSPS) is 9.35. The summed E-state index contributed by atoms with van der Waals surface area (Å²) in [6.45, 7) is 0. The molecule has 0 radical (unpaired) electrons. The van der Waals surface area contributed by atoms with E-state index in [-0.39, 0.29) is 6.03 Å². The van der Waals surface area contributed by atoms with Crippen LogP contribution in [0.15, 0.2) is 24.3 Å². The molecule has 0 saturated carbocycles. The molecular weight excluding hydrogens is 222 g/mol. The predicted octanol–water partition coefficient (Wildman–Crippen LogP) is 1.50. The summed E-state index contributed by atoms with van der Waals surface area (Å²) >= 11 is 0. The highest BCUT2D eigenvalue weighted by Gasteiger charge is 2.06. The van der Waals surface area contributed by atoms with Gasteiger partial charge in [0, 0.05) is 32.9 Å². The Balaban J connectivity index is 2.72. The number of anilines is 1. The second-order valence-corrected chi connectivity index (χ2v) is 3.49. The van der Waals surface area contributed by atoms with Gasteiger partial charge in [0.15, 0.2) is 0 Å². The fourth-order valence-electron chi connectivity index (χ4n) is 1.03. The third-order valence-electron chi connectivity index (χ3n) is 1.91. The molecule has 0 aliphatic heterocycles. The number of nitrogens with zero attached hydrogens (tertiary/aromatic N) is 1. The number of amides is 3. The highest BCUT2D eigenvalue weighted by Crippen LogP contribution is 2.17. The lowest BCUT2D eigenvalue weighted by Crippen LogP contribution is -2.27. The van der Waals surface area contributed by atoms with Gasteiger partial charge in [-0.15, -0.1) is 0 Å². The van der Waals surface area contributed by atoms with Crippen molar-refractivity contribution in [2.75, 3.05) is 26.5 Å². The summed E-state index contributed by atoms with van der Waals surface area (Å²) in [7, 11) is 4.75. The fourth-order valence-corrected chi connectivity index (χ4v) is 1.03. The van der Waals surface area contributed by atoms with Gasteiger partial charge in [-0.3, -0.25) is 0 Å². The molecular formula is C11H15N3O3. The molecule has 1 rings (SSSR count). The molecule has 0 aliphatic carbocycles. The number of nitrogens with one attached hydrogen (secondary N) is 2. The van der Waals surface area contributed by atoms with Gasteiger partial charge in [-0.2, -0.15) is 0 Å². The van der Waals surface area contributed by atoms with E-state index in [0.29, 0.717) is 11.4 Å². The van der Waals surface area contributed by atoms with Gasteiger partial charge in [0.05, 0.1) is 0 Å². The molecule has 0 heterocycles. The van der Waals surface area contributed by atoms with Crippen LogP contribution in [0.4, 0.5) is 15.3 Å². The van der Waals surface area contributed by atoms with E-state index in [9.17, 15) is 9.59 Å². The Kier molecular flexibility index (Phi) is 4.33. The molecule has 0 bridgehead atoms. The molecule has 0 fully saturated rings. The lowest BCUT2D eigenvalue weighted by molar-refractivity contribution is 0.203. The van der Waals surface area contributed by atoms with Gasteiger partial charge in [0.1, 0.15) is 5.75 Å². The standard InChI is InChI=1S/C11H15N3O3/c1-12-11(16)17-9-6-4-5-8(7-9)13-10(15)14(2)3/h4-7H,1-3H3,(H,12,16)(H,13,15). The van der Waals surface area contributed by atoms with Gasteiger partial charge in [-0.25, -0.2) is 9.59 Å². The van der Waals surface area contributed by atoms with Crippen LogP contribution in [-0.4, -0.2) is 38.2 Å². The Labute approximate surface area is 99.6 Å². The maximum atomic E-state index is 11.4. The smallest absolute Gasteiger partial charge is 0.410 e. The van der Waals surface area contributed by atoms with Crippen LogP contribution in [0.3, 0.4) is 0 Å². The Morgan fingerprint density at radius 3 is 2.59 bits per heavy atom. The second kappa shape index (κ2) is 5.74. The molecule has 17 heavy (non-hydrogen) atoms. The molecule has 1 aromatic rings. The summed E-state index contributed by atoms with van der Waals surface area (Å²) in [5.41, 5.74) is 0.560. The molecule has 0 aromatic heterocycles. The van der Waals surface area contributed by atoms with Crippen LogP contribution < -0.4 is 15.4 Å². The maximum Gasteiger partial charge on any atom is 0.412 e. The third kappa shape index (κ3) is 4.02. The van der Waals surface area contributed by atoms with Gasteiger partial charge in [-0.1, -0.05) is 6.07 Å². The van der Waals surface area contributed by atoms with Gasteiger partial charge in [0.2, 0.25) is 0 Å². The number of hydrogen-bond donors (Lipinski definition) is 2. The highest BCUT2D eigenvalue weighted by atomic mass is 16.5. The summed E-state index contributed by atoms with van der Waals surface area (Å²) in [5, 5.41) is 4.98. The minimum atomic E-state index is -0.555. The van der Waals surface area contributed by atoms with Gasteiger partial charge >= 0.3 is 12.1 Å². The molecule has 6 heteroatoms. The van der Waals surface area contributed by atoms with Gasteiger partial charge < -0.3 is 20.3 Å². The minimum Gasteiger partial charge on any atom is -0.410 e. The van der Waals surface area contributed by atoms with Crippen molar-refractivity contribution >= 4 is 17.8 Å². The Hall–Kier alpha value is -2.24. The van der Waals surface area contributed by atoms with E-state index >= 15 is 0 Å². The van der Waals surface area contributed by atoms with Crippen LogP contribution >= 0.6 is 0 Å². The van der Waals surface area contributed by atoms with Crippen molar-refractivity contribution in [3.63, 3.8) is 0 Å². The average molecular weight is 237 g/mol. The van der Waals surface area contributed by atoms with Crippen molar-refractivity contribution in [2.24, 2.45) is 0 Å². The lowest BCUT2D eigenvalue weighted by Gasteiger charge is -2.12. The zero-order valence-corrected chi connectivity index (χ0v) is 9.98. The van der Waals surface area contributed by atoms with E-state index in [1.807, 2.05) is 0 Å². The first-order valence-electron chi connectivity index (χ1n) is 5.01. The Bertz CT molecular complexity index is 418. The van der Waals surface area contributed by atoms with E-state index in [2.05, 4.69) is 10.6 Å². The van der Waals surface area contributed by atoms with Crippen molar-refractivity contribution in [1.29, 1.82) is 0 Å². The quantitative estimate of drug-likeness (QED) is 0.818. The summed E-state index contributed by atoms with van der Waals surface area (Å²) in [5.74, 6) is 0.362. The molecule has 6 nitrogen and oxygen atoms in total. The topological polar surface area (TPSA) is 70.7 Å². The minimum absolute atomic E-state index is 0.248. The number of rotatable bonds is 2. The first-order valence-corrected chi connectivity index (χ1v) is 5.01. The first kappa shape index (κ1) is 12.8. The summed E-state index contributed by atoms with van der Waals surface area (Å²) in [6, 6.07) is 6.33. The Morgan fingerprint density at radius 1 is 1.29 bits per heavy atom.